The molecule has 0 aliphatic rings. The summed E-state index contributed by atoms with van der Waals surface area (Å²) in [6.45, 7) is 1.38. The summed E-state index contributed by atoms with van der Waals surface area (Å²) >= 11 is 11.9. The molecule has 0 heterocycles. The van der Waals surface area contributed by atoms with Crippen molar-refractivity contribution in [2.45, 2.75) is 11.8 Å². The number of ether oxygens (including phenoxy) is 1. The van der Waals surface area contributed by atoms with Gasteiger partial charge in [0.25, 0.3) is 0 Å². The molecule has 26 heavy (non-hydrogen) atoms. The average Bonchev–Trinajstić information content (AvgIpc) is 2.62. The quantitative estimate of drug-likeness (QED) is 0.746. The topological polar surface area (TPSA) is 75.7 Å². The Morgan fingerprint density at radius 2 is 1.81 bits per heavy atom. The maximum atomic E-state index is 12.8. The molecule has 0 spiro atoms. The van der Waals surface area contributed by atoms with Crippen LogP contribution in [-0.2, 0) is 14.8 Å². The Morgan fingerprint density at radius 3 is 2.38 bits per heavy atom. The molecule has 2 aromatic rings. The van der Waals surface area contributed by atoms with Crippen molar-refractivity contribution >= 4 is 44.8 Å². The first kappa shape index (κ1) is 20.5. The molecule has 0 atom stereocenters. The molecule has 0 bridgehead atoms. The smallest absolute Gasteiger partial charge is 0.245 e. The highest BCUT2D eigenvalue weighted by atomic mass is 35.5. The van der Waals surface area contributed by atoms with E-state index < -0.39 is 15.9 Å². The van der Waals surface area contributed by atoms with Crippen LogP contribution in [0.3, 0.4) is 0 Å². The number of methoxy groups -OCH3 is 1. The Hall–Kier alpha value is -1.80. The van der Waals surface area contributed by atoms with Gasteiger partial charge in [-0.15, -0.1) is 0 Å². The fourth-order valence-corrected chi connectivity index (χ4v) is 4.37. The Bertz CT molecular complexity index is 886. The van der Waals surface area contributed by atoms with E-state index in [1.54, 1.807) is 38.3 Å². The van der Waals surface area contributed by atoms with Crippen molar-refractivity contribution < 1.29 is 17.9 Å². The SMILES string of the molecule is CCN(CC(=O)Nc1ccc(OC)cc1)S(=O)(=O)c1cccc(Cl)c1Cl. The van der Waals surface area contributed by atoms with Crippen molar-refractivity contribution in [2.24, 2.45) is 0 Å². The highest BCUT2D eigenvalue weighted by Gasteiger charge is 2.28. The number of amides is 1. The predicted octanol–water partition coefficient (Wildman–Crippen LogP) is 3.65. The van der Waals surface area contributed by atoms with Gasteiger partial charge in [0.05, 0.1) is 23.7 Å². The maximum absolute atomic E-state index is 12.8. The van der Waals surface area contributed by atoms with E-state index >= 15 is 0 Å². The first-order valence-corrected chi connectivity index (χ1v) is 9.87. The second kappa shape index (κ2) is 8.73. The summed E-state index contributed by atoms with van der Waals surface area (Å²) in [5, 5.41) is 2.71. The first-order chi connectivity index (χ1) is 12.3. The number of hydrogen-bond acceptors (Lipinski definition) is 4. The van der Waals surface area contributed by atoms with Gasteiger partial charge in [-0.2, -0.15) is 4.31 Å². The number of sulfonamides is 1. The van der Waals surface area contributed by atoms with Gasteiger partial charge in [-0.3, -0.25) is 4.79 Å². The molecular formula is C17H18Cl2N2O4S. The highest BCUT2D eigenvalue weighted by Crippen LogP contribution is 2.30. The van der Waals surface area contributed by atoms with E-state index in [2.05, 4.69) is 5.32 Å². The molecular weight excluding hydrogens is 399 g/mol. The van der Waals surface area contributed by atoms with Gasteiger partial charge in [-0.1, -0.05) is 36.2 Å². The highest BCUT2D eigenvalue weighted by molar-refractivity contribution is 7.89. The number of benzene rings is 2. The van der Waals surface area contributed by atoms with Gasteiger partial charge < -0.3 is 10.1 Å². The summed E-state index contributed by atoms with van der Waals surface area (Å²) in [6, 6.07) is 11.0. The van der Waals surface area contributed by atoms with E-state index in [1.807, 2.05) is 0 Å². The zero-order valence-corrected chi connectivity index (χ0v) is 16.5. The van der Waals surface area contributed by atoms with Gasteiger partial charge in [0.15, 0.2) is 0 Å². The Labute approximate surface area is 162 Å². The molecule has 0 saturated carbocycles. The number of likely N-dealkylation sites (N-methyl/N-ethyl adjacent to an activating group) is 1. The second-order valence-corrected chi connectivity index (χ2v) is 7.95. The van der Waals surface area contributed by atoms with Gasteiger partial charge in [-0.05, 0) is 36.4 Å². The molecule has 9 heteroatoms. The summed E-state index contributed by atoms with van der Waals surface area (Å²) in [7, 11) is -2.43. The molecule has 6 nitrogen and oxygen atoms in total. The van der Waals surface area contributed by atoms with Crippen LogP contribution in [0, 0.1) is 0 Å². The number of nitrogens with one attached hydrogen (secondary N) is 1. The van der Waals surface area contributed by atoms with Gasteiger partial charge in [0.2, 0.25) is 15.9 Å². The molecule has 0 saturated heterocycles. The van der Waals surface area contributed by atoms with Crippen LogP contribution in [0.4, 0.5) is 5.69 Å². The fraction of sp³-hybridized carbons (Fsp3) is 0.235. The molecule has 0 aliphatic carbocycles. The molecule has 2 aromatic carbocycles. The summed E-state index contributed by atoms with van der Waals surface area (Å²) in [5.41, 5.74) is 0.532. The van der Waals surface area contributed by atoms with Crippen LogP contribution in [0.2, 0.25) is 10.0 Å². The minimum Gasteiger partial charge on any atom is -0.497 e. The number of carbonyl (C=O) groups excluding carboxylic acids is 1. The monoisotopic (exact) mass is 416 g/mol. The number of hydrogen-bond donors (Lipinski definition) is 1. The van der Waals surface area contributed by atoms with E-state index in [9.17, 15) is 13.2 Å². The summed E-state index contributed by atoms with van der Waals surface area (Å²) in [4.78, 5) is 12.1. The van der Waals surface area contributed by atoms with E-state index in [0.717, 1.165) is 4.31 Å². The fourth-order valence-electron chi connectivity index (χ4n) is 2.22. The third-order valence-electron chi connectivity index (χ3n) is 3.58. The van der Waals surface area contributed by atoms with Gasteiger partial charge in [-0.25, -0.2) is 8.42 Å². The zero-order chi connectivity index (χ0) is 19.3. The molecule has 0 unspecified atom stereocenters. The number of nitrogens with zero attached hydrogens (tertiary/aromatic N) is 1. The van der Waals surface area contributed by atoms with Crippen molar-refractivity contribution in [3.05, 3.63) is 52.5 Å². The van der Waals surface area contributed by atoms with Crippen LogP contribution in [0.5, 0.6) is 5.75 Å². The van der Waals surface area contributed by atoms with Crippen molar-refractivity contribution in [2.75, 3.05) is 25.5 Å². The third kappa shape index (κ3) is 4.67. The van der Waals surface area contributed by atoms with Crippen molar-refractivity contribution in [1.29, 1.82) is 0 Å². The van der Waals surface area contributed by atoms with E-state index in [1.165, 1.54) is 18.2 Å². The minimum atomic E-state index is -3.97. The maximum Gasteiger partial charge on any atom is 0.245 e. The third-order valence-corrected chi connectivity index (χ3v) is 6.47. The van der Waals surface area contributed by atoms with Gasteiger partial charge in [0, 0.05) is 12.2 Å². The lowest BCUT2D eigenvalue weighted by Crippen LogP contribution is -2.38. The van der Waals surface area contributed by atoms with E-state index in [4.69, 9.17) is 27.9 Å². The molecule has 1 N–H and O–H groups in total. The van der Waals surface area contributed by atoms with Gasteiger partial charge >= 0.3 is 0 Å². The van der Waals surface area contributed by atoms with Crippen LogP contribution < -0.4 is 10.1 Å². The lowest BCUT2D eigenvalue weighted by molar-refractivity contribution is -0.116. The first-order valence-electron chi connectivity index (χ1n) is 7.67. The Morgan fingerprint density at radius 1 is 1.15 bits per heavy atom. The summed E-state index contributed by atoms with van der Waals surface area (Å²) in [5.74, 6) is 0.176. The Kier molecular flexibility index (Phi) is 6.88. The second-order valence-electron chi connectivity index (χ2n) is 5.26. The number of rotatable bonds is 7. The zero-order valence-electron chi connectivity index (χ0n) is 14.2. The van der Waals surface area contributed by atoms with Crippen LogP contribution in [0.1, 0.15) is 6.92 Å². The van der Waals surface area contributed by atoms with E-state index in [0.29, 0.717) is 11.4 Å². The molecule has 0 fully saturated rings. The van der Waals surface area contributed by atoms with Crippen LogP contribution in [0.25, 0.3) is 0 Å². The molecule has 1 amide bonds. The van der Waals surface area contributed by atoms with Gasteiger partial charge in [0.1, 0.15) is 10.6 Å². The lowest BCUT2D eigenvalue weighted by Gasteiger charge is -2.21. The molecule has 0 aromatic heterocycles. The van der Waals surface area contributed by atoms with Crippen molar-refractivity contribution in [3.8, 4) is 5.75 Å². The van der Waals surface area contributed by atoms with E-state index in [-0.39, 0.29) is 28.0 Å². The molecule has 0 aliphatic heterocycles. The molecule has 0 radical (unpaired) electrons. The standard InChI is InChI=1S/C17H18Cl2N2O4S/c1-3-21(26(23,24)15-6-4-5-14(18)17(15)19)11-16(22)20-12-7-9-13(25-2)10-8-12/h4-10H,3,11H2,1-2H3,(H,20,22). The Balaban J connectivity index is 2.16. The molecule has 140 valence electrons. The number of anilines is 1. The van der Waals surface area contributed by atoms with Crippen LogP contribution in [0.15, 0.2) is 47.4 Å². The summed E-state index contributed by atoms with van der Waals surface area (Å²) in [6.07, 6.45) is 0. The lowest BCUT2D eigenvalue weighted by atomic mass is 10.3. The molecule has 2 rings (SSSR count). The van der Waals surface area contributed by atoms with Crippen molar-refractivity contribution in [3.63, 3.8) is 0 Å². The summed E-state index contributed by atoms with van der Waals surface area (Å²) < 4.78 is 31.7. The van der Waals surface area contributed by atoms with Crippen LogP contribution in [-0.4, -0.2) is 38.8 Å². The van der Waals surface area contributed by atoms with Crippen molar-refractivity contribution in [1.82, 2.24) is 4.31 Å². The normalized spacial score (nSPS) is 11.4. The predicted molar refractivity (Wildman–Crippen MR) is 103 cm³/mol. The number of carbonyl (C=O) groups is 1. The minimum absolute atomic E-state index is 0.0665. The number of halogens is 2. The average molecular weight is 417 g/mol. The largest absolute Gasteiger partial charge is 0.497 e. The van der Waals surface area contributed by atoms with Crippen LogP contribution >= 0.6 is 23.2 Å².